The lowest BCUT2D eigenvalue weighted by Crippen LogP contribution is -2.19. The van der Waals surface area contributed by atoms with E-state index < -0.39 is 11.5 Å². The Hall–Kier alpha value is -3.15. The zero-order valence-corrected chi connectivity index (χ0v) is 12.2. The normalized spacial score (nSPS) is 15.2. The predicted molar refractivity (Wildman–Crippen MR) is 82.2 cm³/mol. The van der Waals surface area contributed by atoms with Gasteiger partial charge in [0.2, 0.25) is 5.75 Å². The Kier molecular flexibility index (Phi) is 3.57. The molecule has 1 aliphatic heterocycles. The fourth-order valence-electron chi connectivity index (χ4n) is 2.41. The Balaban J connectivity index is 2.05. The molecule has 0 amide bonds. The van der Waals surface area contributed by atoms with Gasteiger partial charge in [-0.25, -0.2) is 0 Å². The van der Waals surface area contributed by atoms with Gasteiger partial charge in [-0.15, -0.1) is 0 Å². The van der Waals surface area contributed by atoms with Crippen molar-refractivity contribution in [1.29, 1.82) is 0 Å². The van der Waals surface area contributed by atoms with Crippen molar-refractivity contribution in [1.82, 2.24) is 0 Å². The zero-order valence-electron chi connectivity index (χ0n) is 12.2. The molecule has 0 saturated carbocycles. The predicted octanol–water partition coefficient (Wildman–Crippen LogP) is 2.47. The van der Waals surface area contributed by atoms with E-state index in [-0.39, 0.29) is 35.2 Å². The van der Waals surface area contributed by atoms with Gasteiger partial charge in [-0.3, -0.25) is 4.79 Å². The first-order chi connectivity index (χ1) is 11.0. The summed E-state index contributed by atoms with van der Waals surface area (Å²) in [5, 5.41) is 29.2. The van der Waals surface area contributed by atoms with E-state index in [1.165, 1.54) is 25.3 Å². The topological polar surface area (TPSA) is 96.2 Å². The summed E-state index contributed by atoms with van der Waals surface area (Å²) >= 11 is 0. The Morgan fingerprint density at radius 3 is 2.52 bits per heavy atom. The molecule has 6 nitrogen and oxygen atoms in total. The molecule has 3 N–H and O–H groups in total. The SMILES string of the molecule is COc1c(O)cc2c(c1O)C(=O)C(=Cc1ccc(O)cc1)CO2. The van der Waals surface area contributed by atoms with Gasteiger partial charge in [0.1, 0.15) is 23.7 Å². The van der Waals surface area contributed by atoms with Crippen LogP contribution in [0, 0.1) is 0 Å². The number of fused-ring (bicyclic) bond motifs is 1. The van der Waals surface area contributed by atoms with E-state index in [0.29, 0.717) is 11.1 Å². The van der Waals surface area contributed by atoms with Crippen molar-refractivity contribution in [3.63, 3.8) is 0 Å². The van der Waals surface area contributed by atoms with Gasteiger partial charge in [-0.2, -0.15) is 0 Å². The number of benzene rings is 2. The minimum absolute atomic E-state index is 0.0118. The Labute approximate surface area is 131 Å². The second-order valence-corrected chi connectivity index (χ2v) is 5.03. The Morgan fingerprint density at radius 2 is 1.87 bits per heavy atom. The van der Waals surface area contributed by atoms with Gasteiger partial charge in [0, 0.05) is 11.6 Å². The number of ketones is 1. The van der Waals surface area contributed by atoms with Crippen LogP contribution in [-0.2, 0) is 0 Å². The number of rotatable bonds is 2. The molecule has 0 spiro atoms. The van der Waals surface area contributed by atoms with Crippen molar-refractivity contribution in [3.05, 3.63) is 47.0 Å². The van der Waals surface area contributed by atoms with Crippen molar-refractivity contribution < 1.29 is 29.6 Å². The summed E-state index contributed by atoms with van der Waals surface area (Å²) in [4.78, 5) is 12.6. The van der Waals surface area contributed by atoms with Crippen molar-refractivity contribution in [2.75, 3.05) is 13.7 Å². The standard InChI is InChI=1S/C17H14O6/c1-22-17-12(19)7-13-14(16(17)21)15(20)10(8-23-13)6-9-2-4-11(18)5-3-9/h2-7,18-19,21H,8H2,1H3. The van der Waals surface area contributed by atoms with E-state index in [1.54, 1.807) is 18.2 Å². The highest BCUT2D eigenvalue weighted by Crippen LogP contribution is 2.46. The van der Waals surface area contributed by atoms with Gasteiger partial charge in [0.25, 0.3) is 0 Å². The first kappa shape index (κ1) is 14.8. The molecule has 1 aliphatic rings. The van der Waals surface area contributed by atoms with Crippen molar-refractivity contribution >= 4 is 11.9 Å². The molecule has 23 heavy (non-hydrogen) atoms. The Bertz CT molecular complexity index is 805. The third kappa shape index (κ3) is 2.55. The van der Waals surface area contributed by atoms with Gasteiger partial charge in [0.15, 0.2) is 17.3 Å². The van der Waals surface area contributed by atoms with Crippen molar-refractivity contribution in [3.8, 4) is 28.7 Å². The number of carbonyl (C=O) groups excluding carboxylic acids is 1. The molecule has 0 unspecified atom stereocenters. The molecule has 0 bridgehead atoms. The molecule has 118 valence electrons. The summed E-state index contributed by atoms with van der Waals surface area (Å²) in [6.07, 6.45) is 1.61. The third-order valence-corrected chi connectivity index (χ3v) is 3.54. The van der Waals surface area contributed by atoms with Crippen LogP contribution in [0.4, 0.5) is 0 Å². The summed E-state index contributed by atoms with van der Waals surface area (Å²) < 4.78 is 10.4. The van der Waals surface area contributed by atoms with Crippen LogP contribution in [0.15, 0.2) is 35.9 Å². The van der Waals surface area contributed by atoms with Gasteiger partial charge < -0.3 is 24.8 Å². The second kappa shape index (κ2) is 5.57. The van der Waals surface area contributed by atoms with Crippen molar-refractivity contribution in [2.24, 2.45) is 0 Å². The quantitative estimate of drug-likeness (QED) is 0.737. The summed E-state index contributed by atoms with van der Waals surface area (Å²) in [5.74, 6) is -1.11. The van der Waals surface area contributed by atoms with E-state index in [1.807, 2.05) is 0 Å². The number of phenolic OH excluding ortho intramolecular Hbond substituents is 3. The molecule has 0 radical (unpaired) electrons. The maximum absolute atomic E-state index is 12.6. The van der Waals surface area contributed by atoms with E-state index >= 15 is 0 Å². The zero-order chi connectivity index (χ0) is 16.6. The molecule has 0 aliphatic carbocycles. The lowest BCUT2D eigenvalue weighted by molar-refractivity contribution is 0.0996. The van der Waals surface area contributed by atoms with E-state index in [2.05, 4.69) is 0 Å². The summed E-state index contributed by atoms with van der Waals surface area (Å²) in [6, 6.07) is 7.56. The summed E-state index contributed by atoms with van der Waals surface area (Å²) in [6.45, 7) is 0.0118. The lowest BCUT2D eigenvalue weighted by atomic mass is 9.97. The highest BCUT2D eigenvalue weighted by Gasteiger charge is 2.30. The molecule has 0 aromatic heterocycles. The molecule has 0 atom stereocenters. The average molecular weight is 314 g/mol. The number of methoxy groups -OCH3 is 1. The number of hydrogen-bond acceptors (Lipinski definition) is 6. The van der Waals surface area contributed by atoms with Crippen molar-refractivity contribution in [2.45, 2.75) is 0 Å². The summed E-state index contributed by atoms with van der Waals surface area (Å²) in [5.41, 5.74) is 1.01. The maximum Gasteiger partial charge on any atom is 0.203 e. The molecular weight excluding hydrogens is 300 g/mol. The van der Waals surface area contributed by atoms with Crippen LogP contribution in [-0.4, -0.2) is 34.8 Å². The van der Waals surface area contributed by atoms with Crippen LogP contribution in [0.5, 0.6) is 28.7 Å². The monoisotopic (exact) mass is 314 g/mol. The molecular formula is C17H14O6. The first-order valence-corrected chi connectivity index (χ1v) is 6.81. The molecule has 0 fully saturated rings. The summed E-state index contributed by atoms with van der Waals surface area (Å²) in [7, 11) is 1.28. The molecule has 6 heteroatoms. The molecule has 2 aromatic rings. The Morgan fingerprint density at radius 1 is 1.17 bits per heavy atom. The first-order valence-electron chi connectivity index (χ1n) is 6.81. The van der Waals surface area contributed by atoms with E-state index in [9.17, 15) is 20.1 Å². The fraction of sp³-hybridized carbons (Fsp3) is 0.118. The largest absolute Gasteiger partial charge is 0.508 e. The molecule has 3 rings (SSSR count). The van der Waals surface area contributed by atoms with Gasteiger partial charge in [-0.1, -0.05) is 12.1 Å². The van der Waals surface area contributed by atoms with Crippen LogP contribution < -0.4 is 9.47 Å². The number of carbonyl (C=O) groups is 1. The van der Waals surface area contributed by atoms with Gasteiger partial charge >= 0.3 is 0 Å². The van der Waals surface area contributed by atoms with Gasteiger partial charge in [-0.05, 0) is 23.8 Å². The van der Waals surface area contributed by atoms with E-state index in [4.69, 9.17) is 9.47 Å². The highest BCUT2D eigenvalue weighted by atomic mass is 16.5. The van der Waals surface area contributed by atoms with Crippen LogP contribution in [0.25, 0.3) is 6.08 Å². The van der Waals surface area contributed by atoms with Crippen LogP contribution >= 0.6 is 0 Å². The minimum atomic E-state index is -0.455. The van der Waals surface area contributed by atoms with Crippen LogP contribution in [0.2, 0.25) is 0 Å². The average Bonchev–Trinajstić information content (AvgIpc) is 2.52. The van der Waals surface area contributed by atoms with E-state index in [0.717, 1.165) is 0 Å². The smallest absolute Gasteiger partial charge is 0.203 e. The molecule has 1 heterocycles. The number of aromatic hydroxyl groups is 3. The number of Topliss-reactive ketones (excluding diaryl/α,β-unsaturated/α-hetero) is 1. The van der Waals surface area contributed by atoms with Crippen LogP contribution in [0.1, 0.15) is 15.9 Å². The maximum atomic E-state index is 12.6. The van der Waals surface area contributed by atoms with Gasteiger partial charge in [0.05, 0.1) is 7.11 Å². The lowest BCUT2D eigenvalue weighted by Gasteiger charge is -2.21. The van der Waals surface area contributed by atoms with Crippen LogP contribution in [0.3, 0.4) is 0 Å². The number of ether oxygens (including phenoxy) is 2. The number of hydrogen-bond donors (Lipinski definition) is 3. The third-order valence-electron chi connectivity index (χ3n) is 3.54. The molecule has 0 saturated heterocycles. The highest BCUT2D eigenvalue weighted by molar-refractivity contribution is 6.16. The number of phenols is 3. The minimum Gasteiger partial charge on any atom is -0.508 e. The second-order valence-electron chi connectivity index (χ2n) is 5.03. The molecule has 2 aromatic carbocycles. The fourth-order valence-corrected chi connectivity index (χ4v) is 2.41.